The average molecular weight is 267 g/mol. The second kappa shape index (κ2) is 6.35. The van der Waals surface area contributed by atoms with Gasteiger partial charge in [0.15, 0.2) is 11.6 Å². The van der Waals surface area contributed by atoms with Gasteiger partial charge in [0.1, 0.15) is 0 Å². The van der Waals surface area contributed by atoms with E-state index in [0.29, 0.717) is 5.56 Å². The van der Waals surface area contributed by atoms with Crippen molar-refractivity contribution in [3.8, 4) is 5.75 Å². The van der Waals surface area contributed by atoms with Crippen molar-refractivity contribution in [1.82, 2.24) is 0 Å². The standard InChI is InChI=1S/C15H22FNO2/c1-19-13-8-7-11(9-12(13)16)14(17)15(18)10-5-3-2-4-6-10/h7-10,14-15,18H,2-6,17H2,1H3/t14-,15+/m1/s1. The summed E-state index contributed by atoms with van der Waals surface area (Å²) in [7, 11) is 1.43. The highest BCUT2D eigenvalue weighted by atomic mass is 19.1. The van der Waals surface area contributed by atoms with E-state index in [4.69, 9.17) is 10.5 Å². The molecule has 0 aromatic heterocycles. The summed E-state index contributed by atoms with van der Waals surface area (Å²) in [6.45, 7) is 0. The van der Waals surface area contributed by atoms with E-state index >= 15 is 0 Å². The molecule has 0 heterocycles. The fraction of sp³-hybridized carbons (Fsp3) is 0.600. The maximum atomic E-state index is 13.7. The molecule has 1 saturated carbocycles. The van der Waals surface area contributed by atoms with Gasteiger partial charge in [-0.3, -0.25) is 0 Å². The fourth-order valence-corrected chi connectivity index (χ4v) is 2.86. The molecular formula is C15H22FNO2. The van der Waals surface area contributed by atoms with Crippen molar-refractivity contribution in [3.05, 3.63) is 29.6 Å². The van der Waals surface area contributed by atoms with Crippen molar-refractivity contribution in [2.45, 2.75) is 44.2 Å². The highest BCUT2D eigenvalue weighted by Gasteiger charge is 2.28. The molecule has 3 nitrogen and oxygen atoms in total. The third-order valence-corrected chi connectivity index (χ3v) is 4.06. The van der Waals surface area contributed by atoms with Crippen LogP contribution in [0.4, 0.5) is 4.39 Å². The Balaban J connectivity index is 2.09. The van der Waals surface area contributed by atoms with Gasteiger partial charge in [-0.15, -0.1) is 0 Å². The van der Waals surface area contributed by atoms with E-state index in [9.17, 15) is 9.50 Å². The first kappa shape index (κ1) is 14.3. The Bertz CT molecular complexity index is 419. The van der Waals surface area contributed by atoms with E-state index in [1.165, 1.54) is 19.6 Å². The summed E-state index contributed by atoms with van der Waals surface area (Å²) < 4.78 is 18.5. The molecule has 1 aliphatic carbocycles. The number of hydrogen-bond donors (Lipinski definition) is 2. The first-order valence-electron chi connectivity index (χ1n) is 6.90. The van der Waals surface area contributed by atoms with E-state index in [0.717, 1.165) is 25.7 Å². The molecule has 0 bridgehead atoms. The summed E-state index contributed by atoms with van der Waals surface area (Å²) in [5.74, 6) is -0.0108. The van der Waals surface area contributed by atoms with Gasteiger partial charge in [-0.2, -0.15) is 0 Å². The van der Waals surface area contributed by atoms with Crippen LogP contribution >= 0.6 is 0 Å². The topological polar surface area (TPSA) is 55.5 Å². The van der Waals surface area contributed by atoms with Crippen LogP contribution in [0.15, 0.2) is 18.2 Å². The highest BCUT2D eigenvalue weighted by molar-refractivity contribution is 5.31. The molecule has 0 aliphatic heterocycles. The molecule has 2 rings (SSSR count). The van der Waals surface area contributed by atoms with Gasteiger partial charge in [0.25, 0.3) is 0 Å². The molecule has 2 atom stereocenters. The molecule has 3 N–H and O–H groups in total. The van der Waals surface area contributed by atoms with Crippen molar-refractivity contribution in [2.75, 3.05) is 7.11 Å². The number of nitrogens with two attached hydrogens (primary N) is 1. The van der Waals surface area contributed by atoms with Crippen LogP contribution in [0, 0.1) is 11.7 Å². The lowest BCUT2D eigenvalue weighted by atomic mass is 9.81. The minimum atomic E-state index is -0.604. The van der Waals surface area contributed by atoms with Crippen molar-refractivity contribution >= 4 is 0 Å². The molecule has 1 aromatic carbocycles. The number of aliphatic hydroxyl groups excluding tert-OH is 1. The molecule has 1 fully saturated rings. The van der Waals surface area contributed by atoms with Gasteiger partial charge >= 0.3 is 0 Å². The number of benzene rings is 1. The molecule has 0 radical (unpaired) electrons. The second-order valence-electron chi connectivity index (χ2n) is 5.31. The lowest BCUT2D eigenvalue weighted by Gasteiger charge is -2.30. The lowest BCUT2D eigenvalue weighted by Crippen LogP contribution is -2.34. The van der Waals surface area contributed by atoms with Gasteiger partial charge in [-0.25, -0.2) is 4.39 Å². The van der Waals surface area contributed by atoms with Gasteiger partial charge in [0.2, 0.25) is 0 Å². The van der Waals surface area contributed by atoms with Crippen LogP contribution in [0.25, 0.3) is 0 Å². The normalized spacial score (nSPS) is 20.0. The Morgan fingerprint density at radius 1 is 1.32 bits per heavy atom. The minimum absolute atomic E-state index is 0.197. The predicted octanol–water partition coefficient (Wildman–Crippen LogP) is 2.78. The summed E-state index contributed by atoms with van der Waals surface area (Å²) >= 11 is 0. The highest BCUT2D eigenvalue weighted by Crippen LogP contribution is 2.32. The number of aliphatic hydroxyl groups is 1. The van der Waals surface area contributed by atoms with E-state index in [1.54, 1.807) is 12.1 Å². The van der Waals surface area contributed by atoms with Crippen molar-refractivity contribution in [1.29, 1.82) is 0 Å². The van der Waals surface area contributed by atoms with E-state index in [1.807, 2.05) is 0 Å². The largest absolute Gasteiger partial charge is 0.494 e. The lowest BCUT2D eigenvalue weighted by molar-refractivity contribution is 0.0617. The minimum Gasteiger partial charge on any atom is -0.494 e. The van der Waals surface area contributed by atoms with Gasteiger partial charge in [-0.1, -0.05) is 25.3 Å². The smallest absolute Gasteiger partial charge is 0.165 e. The molecule has 0 unspecified atom stereocenters. The number of ether oxygens (including phenoxy) is 1. The number of rotatable bonds is 4. The van der Waals surface area contributed by atoms with E-state index in [-0.39, 0.29) is 11.7 Å². The maximum absolute atomic E-state index is 13.7. The van der Waals surface area contributed by atoms with Crippen LogP contribution in [0.1, 0.15) is 43.7 Å². The second-order valence-corrected chi connectivity index (χ2v) is 5.31. The first-order chi connectivity index (χ1) is 9.13. The number of hydrogen-bond acceptors (Lipinski definition) is 3. The van der Waals surface area contributed by atoms with Gasteiger partial charge in [0.05, 0.1) is 19.3 Å². The van der Waals surface area contributed by atoms with Crippen LogP contribution in [0.5, 0.6) is 5.75 Å². The van der Waals surface area contributed by atoms with Crippen LogP contribution in [-0.4, -0.2) is 18.3 Å². The zero-order valence-corrected chi connectivity index (χ0v) is 11.3. The molecule has 0 saturated heterocycles. The Labute approximate surface area is 113 Å². The Hall–Kier alpha value is -1.13. The maximum Gasteiger partial charge on any atom is 0.165 e. The summed E-state index contributed by atoms with van der Waals surface area (Å²) in [6.07, 6.45) is 4.93. The van der Waals surface area contributed by atoms with Gasteiger partial charge in [0, 0.05) is 0 Å². The van der Waals surface area contributed by atoms with Crippen molar-refractivity contribution in [3.63, 3.8) is 0 Å². The SMILES string of the molecule is COc1ccc([C@@H](N)[C@@H](O)C2CCCCC2)cc1F. The molecule has 4 heteroatoms. The first-order valence-corrected chi connectivity index (χ1v) is 6.90. The summed E-state index contributed by atoms with van der Waals surface area (Å²) in [5.41, 5.74) is 6.69. The third kappa shape index (κ3) is 3.25. The summed E-state index contributed by atoms with van der Waals surface area (Å²) in [5, 5.41) is 10.3. The van der Waals surface area contributed by atoms with Crippen LogP contribution < -0.4 is 10.5 Å². The Kier molecular flexibility index (Phi) is 4.77. The molecule has 0 amide bonds. The predicted molar refractivity (Wildman–Crippen MR) is 72.5 cm³/mol. The Morgan fingerprint density at radius 2 is 2.00 bits per heavy atom. The Morgan fingerprint density at radius 3 is 2.58 bits per heavy atom. The summed E-state index contributed by atoms with van der Waals surface area (Å²) in [6, 6.07) is 4.09. The number of halogens is 1. The molecule has 1 aromatic rings. The molecule has 0 spiro atoms. The van der Waals surface area contributed by atoms with Crippen LogP contribution in [-0.2, 0) is 0 Å². The monoisotopic (exact) mass is 267 g/mol. The van der Waals surface area contributed by atoms with Crippen molar-refractivity contribution < 1.29 is 14.2 Å². The van der Waals surface area contributed by atoms with E-state index in [2.05, 4.69) is 0 Å². The number of methoxy groups -OCH3 is 1. The molecule has 106 valence electrons. The molecule has 1 aliphatic rings. The van der Waals surface area contributed by atoms with E-state index < -0.39 is 18.0 Å². The van der Waals surface area contributed by atoms with Crippen LogP contribution in [0.3, 0.4) is 0 Å². The molecular weight excluding hydrogens is 245 g/mol. The third-order valence-electron chi connectivity index (χ3n) is 4.06. The quantitative estimate of drug-likeness (QED) is 0.882. The zero-order chi connectivity index (χ0) is 13.8. The van der Waals surface area contributed by atoms with Crippen molar-refractivity contribution in [2.24, 2.45) is 11.7 Å². The fourth-order valence-electron chi connectivity index (χ4n) is 2.86. The van der Waals surface area contributed by atoms with Crippen LogP contribution in [0.2, 0.25) is 0 Å². The zero-order valence-electron chi connectivity index (χ0n) is 11.3. The summed E-state index contributed by atoms with van der Waals surface area (Å²) in [4.78, 5) is 0. The van der Waals surface area contributed by atoms with Gasteiger partial charge < -0.3 is 15.6 Å². The average Bonchev–Trinajstić information content (AvgIpc) is 2.46. The molecule has 19 heavy (non-hydrogen) atoms. The van der Waals surface area contributed by atoms with Gasteiger partial charge in [-0.05, 0) is 36.5 Å².